The summed E-state index contributed by atoms with van der Waals surface area (Å²) in [5, 5.41) is 0. The summed E-state index contributed by atoms with van der Waals surface area (Å²) in [6.07, 6.45) is 0. The molecule has 0 aliphatic rings. The maximum Gasteiger partial charge on any atom is 0.145 e. The zero-order valence-electron chi connectivity index (χ0n) is 10.1. The molecule has 0 radical (unpaired) electrons. The molecule has 100 valence electrons. The monoisotopic (exact) mass is 389 g/mol. The van der Waals surface area contributed by atoms with Crippen LogP contribution in [0.1, 0.15) is 22.7 Å². The van der Waals surface area contributed by atoms with Gasteiger partial charge >= 0.3 is 0 Å². The average molecular weight is 391 g/mol. The van der Waals surface area contributed by atoms with Crippen LogP contribution in [0.5, 0.6) is 0 Å². The molecule has 1 unspecified atom stereocenters. The minimum absolute atomic E-state index is 0.129. The maximum absolute atomic E-state index is 14.1. The van der Waals surface area contributed by atoms with E-state index in [4.69, 9.17) is 5.73 Å². The van der Waals surface area contributed by atoms with E-state index in [-0.39, 0.29) is 10.0 Å². The van der Waals surface area contributed by atoms with Crippen LogP contribution in [0.4, 0.5) is 8.78 Å². The first-order chi connectivity index (χ1) is 8.93. The van der Waals surface area contributed by atoms with E-state index in [0.717, 1.165) is 10.0 Å². The predicted molar refractivity (Wildman–Crippen MR) is 79.0 cm³/mol. The molecule has 2 aromatic rings. The molecule has 0 aliphatic heterocycles. The van der Waals surface area contributed by atoms with Crippen molar-refractivity contribution in [1.82, 2.24) is 0 Å². The summed E-state index contributed by atoms with van der Waals surface area (Å²) in [6.45, 7) is 1.85. The molecule has 2 aromatic carbocycles. The molecule has 0 heterocycles. The lowest BCUT2D eigenvalue weighted by molar-refractivity contribution is 0.539. The lowest BCUT2D eigenvalue weighted by Crippen LogP contribution is -2.17. The highest BCUT2D eigenvalue weighted by molar-refractivity contribution is 9.10. The van der Waals surface area contributed by atoms with E-state index in [1.807, 2.05) is 13.0 Å². The van der Waals surface area contributed by atoms with Crippen molar-refractivity contribution in [3.8, 4) is 0 Å². The lowest BCUT2D eigenvalue weighted by atomic mass is 9.95. The highest BCUT2D eigenvalue weighted by Gasteiger charge is 2.22. The van der Waals surface area contributed by atoms with E-state index < -0.39 is 17.7 Å². The smallest absolute Gasteiger partial charge is 0.145 e. The van der Waals surface area contributed by atoms with Crippen LogP contribution in [0.3, 0.4) is 0 Å². The third kappa shape index (κ3) is 2.73. The van der Waals surface area contributed by atoms with Gasteiger partial charge in [-0.05, 0) is 52.2 Å². The zero-order valence-corrected chi connectivity index (χ0v) is 13.2. The van der Waals surface area contributed by atoms with Crippen LogP contribution in [0, 0.1) is 18.6 Å². The molecule has 1 nitrogen and oxygen atoms in total. The van der Waals surface area contributed by atoms with Gasteiger partial charge in [0.1, 0.15) is 11.6 Å². The topological polar surface area (TPSA) is 26.0 Å². The number of hydrogen-bond acceptors (Lipinski definition) is 1. The molecule has 0 aliphatic carbocycles. The van der Waals surface area contributed by atoms with Gasteiger partial charge in [-0.25, -0.2) is 8.78 Å². The van der Waals surface area contributed by atoms with Gasteiger partial charge in [0.05, 0.1) is 10.5 Å². The van der Waals surface area contributed by atoms with Crippen molar-refractivity contribution in [3.63, 3.8) is 0 Å². The first-order valence-corrected chi connectivity index (χ1v) is 7.16. The van der Waals surface area contributed by atoms with E-state index in [1.165, 1.54) is 12.1 Å². The Bertz CT molecular complexity index is 629. The van der Waals surface area contributed by atoms with Gasteiger partial charge in [-0.1, -0.05) is 28.1 Å². The van der Waals surface area contributed by atoms with Gasteiger partial charge < -0.3 is 5.73 Å². The van der Waals surface area contributed by atoms with Gasteiger partial charge in [-0.3, -0.25) is 0 Å². The van der Waals surface area contributed by atoms with E-state index in [0.29, 0.717) is 5.56 Å². The second-order valence-corrected chi connectivity index (χ2v) is 5.90. The maximum atomic E-state index is 14.1. The molecule has 2 N–H and O–H groups in total. The molecule has 2 rings (SSSR count). The third-order valence-electron chi connectivity index (χ3n) is 3.04. The minimum Gasteiger partial charge on any atom is -0.320 e. The number of rotatable bonds is 2. The number of halogens is 4. The first kappa shape index (κ1) is 14.6. The van der Waals surface area contributed by atoms with Crippen molar-refractivity contribution in [2.24, 2.45) is 5.73 Å². The Morgan fingerprint density at radius 1 is 1.05 bits per heavy atom. The Morgan fingerprint density at radius 3 is 2.42 bits per heavy atom. The van der Waals surface area contributed by atoms with Gasteiger partial charge in [0.15, 0.2) is 0 Å². The minimum atomic E-state index is -0.852. The summed E-state index contributed by atoms with van der Waals surface area (Å²) in [7, 11) is 0. The van der Waals surface area contributed by atoms with Gasteiger partial charge in [-0.15, -0.1) is 0 Å². The van der Waals surface area contributed by atoms with Crippen molar-refractivity contribution in [2.45, 2.75) is 13.0 Å². The summed E-state index contributed by atoms with van der Waals surface area (Å²) in [5.74, 6) is -1.31. The predicted octanol–water partition coefficient (Wildman–Crippen LogP) is 4.85. The fourth-order valence-electron chi connectivity index (χ4n) is 1.94. The van der Waals surface area contributed by atoms with Crippen molar-refractivity contribution >= 4 is 31.9 Å². The molecule has 0 saturated heterocycles. The Kier molecular flexibility index (Phi) is 4.38. The second kappa shape index (κ2) is 5.69. The summed E-state index contributed by atoms with van der Waals surface area (Å²) in [5.41, 5.74) is 7.46. The Morgan fingerprint density at radius 2 is 1.74 bits per heavy atom. The van der Waals surface area contributed by atoms with Gasteiger partial charge in [0, 0.05) is 10.0 Å². The van der Waals surface area contributed by atoms with Gasteiger partial charge in [0.25, 0.3) is 0 Å². The summed E-state index contributed by atoms with van der Waals surface area (Å²) in [4.78, 5) is 0. The molecule has 5 heteroatoms. The van der Waals surface area contributed by atoms with Gasteiger partial charge in [0.2, 0.25) is 0 Å². The Balaban J connectivity index is 2.59. The van der Waals surface area contributed by atoms with Crippen LogP contribution in [0.15, 0.2) is 39.3 Å². The van der Waals surface area contributed by atoms with E-state index in [1.54, 1.807) is 12.1 Å². The molecular weight excluding hydrogens is 380 g/mol. The summed E-state index contributed by atoms with van der Waals surface area (Å²) < 4.78 is 29.0. The standard InChI is InChI=1S/C14H11Br2F2N/c1-7-8(3-2-4-9(7)15)14(19)12-11(17)6-5-10(16)13(12)18/h2-6,14H,19H2,1H3. The lowest BCUT2D eigenvalue weighted by Gasteiger charge is -2.18. The van der Waals surface area contributed by atoms with E-state index in [9.17, 15) is 8.78 Å². The van der Waals surface area contributed by atoms with Crippen molar-refractivity contribution in [2.75, 3.05) is 0 Å². The average Bonchev–Trinajstić information content (AvgIpc) is 2.37. The zero-order chi connectivity index (χ0) is 14.2. The molecular formula is C14H11Br2F2N. The molecule has 0 aromatic heterocycles. The van der Waals surface area contributed by atoms with Crippen LogP contribution in [0.2, 0.25) is 0 Å². The molecule has 0 bridgehead atoms. The number of nitrogens with two attached hydrogens (primary N) is 1. The fourth-order valence-corrected chi connectivity index (χ4v) is 2.67. The number of benzene rings is 2. The van der Waals surface area contributed by atoms with Crippen molar-refractivity contribution in [3.05, 3.63) is 67.6 Å². The molecule has 0 spiro atoms. The molecule has 0 fully saturated rings. The van der Waals surface area contributed by atoms with Crippen LogP contribution in [-0.4, -0.2) is 0 Å². The van der Waals surface area contributed by atoms with Crippen LogP contribution < -0.4 is 5.73 Å². The fraction of sp³-hybridized carbons (Fsp3) is 0.143. The second-order valence-electron chi connectivity index (χ2n) is 4.19. The van der Waals surface area contributed by atoms with Gasteiger partial charge in [-0.2, -0.15) is 0 Å². The number of hydrogen-bond donors (Lipinski definition) is 1. The first-order valence-electron chi connectivity index (χ1n) is 5.57. The van der Waals surface area contributed by atoms with Crippen LogP contribution in [-0.2, 0) is 0 Å². The van der Waals surface area contributed by atoms with Crippen molar-refractivity contribution < 1.29 is 8.78 Å². The highest BCUT2D eigenvalue weighted by Crippen LogP contribution is 2.32. The van der Waals surface area contributed by atoms with Crippen molar-refractivity contribution in [1.29, 1.82) is 0 Å². The highest BCUT2D eigenvalue weighted by atomic mass is 79.9. The largest absolute Gasteiger partial charge is 0.320 e. The summed E-state index contributed by atoms with van der Waals surface area (Å²) >= 11 is 6.43. The molecule has 0 amide bonds. The molecule has 1 atom stereocenters. The van der Waals surface area contributed by atoms with Crippen LogP contribution in [0.25, 0.3) is 0 Å². The van der Waals surface area contributed by atoms with E-state index in [2.05, 4.69) is 31.9 Å². The Hall–Kier alpha value is -0.780. The van der Waals surface area contributed by atoms with Crippen LogP contribution >= 0.6 is 31.9 Å². The molecule has 0 saturated carbocycles. The van der Waals surface area contributed by atoms with E-state index >= 15 is 0 Å². The third-order valence-corrected chi connectivity index (χ3v) is 4.51. The SMILES string of the molecule is Cc1c(Br)cccc1C(N)c1c(F)ccc(Br)c1F. The Labute approximate surface area is 127 Å². The normalized spacial score (nSPS) is 12.5. The quantitative estimate of drug-likeness (QED) is 0.729. The molecule has 19 heavy (non-hydrogen) atoms. The summed E-state index contributed by atoms with van der Waals surface area (Å²) in [6, 6.07) is 7.10.